The highest BCUT2D eigenvalue weighted by atomic mass is 32.2. The summed E-state index contributed by atoms with van der Waals surface area (Å²) in [4.78, 5) is 17.1. The highest BCUT2D eigenvalue weighted by molar-refractivity contribution is 7.89. The van der Waals surface area contributed by atoms with E-state index in [1.54, 1.807) is 14.2 Å². The summed E-state index contributed by atoms with van der Waals surface area (Å²) in [5.41, 5.74) is 1.79. The number of hydrogen-bond acceptors (Lipinski definition) is 9. The summed E-state index contributed by atoms with van der Waals surface area (Å²) in [7, 11) is -0.491. The van der Waals surface area contributed by atoms with Crippen LogP contribution in [0.4, 0.5) is 10.8 Å². The van der Waals surface area contributed by atoms with Crippen molar-refractivity contribution in [1.29, 1.82) is 0 Å². The second-order valence-electron chi connectivity index (χ2n) is 7.66. The maximum absolute atomic E-state index is 12.9. The molecule has 34 heavy (non-hydrogen) atoms. The lowest BCUT2D eigenvalue weighted by atomic mass is 10.1. The molecule has 0 saturated carbocycles. The van der Waals surface area contributed by atoms with Crippen LogP contribution in [-0.4, -0.2) is 63.0 Å². The predicted molar refractivity (Wildman–Crippen MR) is 129 cm³/mol. The fourth-order valence-electron chi connectivity index (χ4n) is 3.71. The lowest BCUT2D eigenvalue weighted by Gasteiger charge is -2.33. The Bertz CT molecular complexity index is 1250. The van der Waals surface area contributed by atoms with Crippen LogP contribution in [0.25, 0.3) is 0 Å². The number of non-ortho nitro benzene ring substituents is 1. The van der Waals surface area contributed by atoms with Crippen LogP contribution in [0.5, 0.6) is 11.5 Å². The second kappa shape index (κ2) is 9.95. The number of rotatable bonds is 8. The number of anilines is 1. The third-order valence-electron chi connectivity index (χ3n) is 5.53. The van der Waals surface area contributed by atoms with Gasteiger partial charge in [0.15, 0.2) is 5.13 Å². The molecule has 0 aliphatic carbocycles. The molecule has 0 amide bonds. The first-order valence-corrected chi connectivity index (χ1v) is 12.8. The smallest absolute Gasteiger partial charge is 0.269 e. The van der Waals surface area contributed by atoms with Crippen molar-refractivity contribution in [2.24, 2.45) is 0 Å². The molecule has 3 aromatic rings. The number of methoxy groups -OCH3 is 2. The van der Waals surface area contributed by atoms with Gasteiger partial charge < -0.3 is 14.4 Å². The number of aromatic nitrogens is 1. The summed E-state index contributed by atoms with van der Waals surface area (Å²) in [5.74, 6) is 1.44. The Morgan fingerprint density at radius 1 is 1.03 bits per heavy atom. The van der Waals surface area contributed by atoms with Crippen molar-refractivity contribution in [2.45, 2.75) is 11.3 Å². The zero-order valence-electron chi connectivity index (χ0n) is 18.7. The molecule has 1 fully saturated rings. The van der Waals surface area contributed by atoms with Crippen molar-refractivity contribution in [3.63, 3.8) is 0 Å². The number of nitro groups is 1. The molecule has 12 heteroatoms. The second-order valence-corrected chi connectivity index (χ2v) is 10.4. The molecule has 4 rings (SSSR count). The Morgan fingerprint density at radius 3 is 2.21 bits per heavy atom. The molecule has 0 unspecified atom stereocenters. The van der Waals surface area contributed by atoms with E-state index < -0.39 is 14.9 Å². The van der Waals surface area contributed by atoms with E-state index >= 15 is 0 Å². The average molecular weight is 505 g/mol. The van der Waals surface area contributed by atoms with Crippen molar-refractivity contribution in [3.8, 4) is 11.5 Å². The number of ether oxygens (including phenoxy) is 2. The molecule has 0 bridgehead atoms. The van der Waals surface area contributed by atoms with Crippen LogP contribution in [0, 0.1) is 10.1 Å². The topological polar surface area (TPSA) is 115 Å². The van der Waals surface area contributed by atoms with Crippen molar-refractivity contribution >= 4 is 32.2 Å². The van der Waals surface area contributed by atoms with Gasteiger partial charge in [0.25, 0.3) is 5.69 Å². The predicted octanol–water partition coefficient (Wildman–Crippen LogP) is 3.17. The first-order chi connectivity index (χ1) is 16.3. The zero-order valence-corrected chi connectivity index (χ0v) is 20.3. The van der Waals surface area contributed by atoms with Crippen molar-refractivity contribution in [3.05, 3.63) is 69.2 Å². The minimum Gasteiger partial charge on any atom is -0.497 e. The van der Waals surface area contributed by atoms with Crippen molar-refractivity contribution in [1.82, 2.24) is 9.29 Å². The summed E-state index contributed by atoms with van der Waals surface area (Å²) in [5, 5.41) is 13.7. The van der Waals surface area contributed by atoms with Gasteiger partial charge in [0.2, 0.25) is 10.0 Å². The van der Waals surface area contributed by atoms with Crippen molar-refractivity contribution in [2.75, 3.05) is 45.3 Å². The highest BCUT2D eigenvalue weighted by Crippen LogP contribution is 2.28. The first kappa shape index (κ1) is 23.9. The molecule has 0 N–H and O–H groups in total. The van der Waals surface area contributed by atoms with Crippen LogP contribution < -0.4 is 14.4 Å². The van der Waals surface area contributed by atoms with E-state index in [9.17, 15) is 18.5 Å². The van der Waals surface area contributed by atoms with E-state index in [0.29, 0.717) is 32.6 Å². The normalized spacial score (nSPS) is 14.7. The number of benzene rings is 2. The molecular weight excluding hydrogens is 480 g/mol. The van der Waals surface area contributed by atoms with E-state index in [4.69, 9.17) is 14.5 Å². The zero-order chi connectivity index (χ0) is 24.3. The van der Waals surface area contributed by atoms with Crippen LogP contribution in [0.3, 0.4) is 0 Å². The average Bonchev–Trinajstić information content (AvgIpc) is 3.32. The molecule has 2 heterocycles. The maximum atomic E-state index is 12.9. The van der Waals surface area contributed by atoms with Gasteiger partial charge in [-0.1, -0.05) is 0 Å². The molecule has 180 valence electrons. The lowest BCUT2D eigenvalue weighted by molar-refractivity contribution is -0.384. The van der Waals surface area contributed by atoms with Crippen LogP contribution in [0.15, 0.2) is 52.7 Å². The van der Waals surface area contributed by atoms with Gasteiger partial charge in [-0.05, 0) is 29.8 Å². The van der Waals surface area contributed by atoms with Crippen molar-refractivity contribution < 1.29 is 22.8 Å². The van der Waals surface area contributed by atoms with Gasteiger partial charge in [0.1, 0.15) is 11.5 Å². The van der Waals surface area contributed by atoms with E-state index in [0.717, 1.165) is 27.9 Å². The third-order valence-corrected chi connectivity index (χ3v) is 8.39. The molecule has 1 aliphatic heterocycles. The minimum absolute atomic E-state index is 0.0526. The number of hydrogen-bond donors (Lipinski definition) is 0. The van der Waals surface area contributed by atoms with E-state index in [2.05, 4.69) is 4.90 Å². The summed E-state index contributed by atoms with van der Waals surface area (Å²) in [6.45, 7) is 1.63. The van der Waals surface area contributed by atoms with Crippen LogP contribution >= 0.6 is 11.3 Å². The molecule has 1 saturated heterocycles. The fraction of sp³-hybridized carbons (Fsp3) is 0.318. The van der Waals surface area contributed by atoms with Crippen LogP contribution in [-0.2, 0) is 16.4 Å². The Morgan fingerprint density at radius 2 is 1.65 bits per heavy atom. The highest BCUT2D eigenvalue weighted by Gasteiger charge is 2.29. The van der Waals surface area contributed by atoms with Gasteiger partial charge in [-0.2, -0.15) is 4.31 Å². The fourth-order valence-corrected chi connectivity index (χ4v) is 6.01. The SMILES string of the molecule is COc1cc(Cc2csc(N3CCN(S(=O)(=O)c4ccc([N+](=O)[O-])cc4)CC3)n2)cc(OC)c1. The monoisotopic (exact) mass is 504 g/mol. The molecule has 1 aromatic heterocycles. The van der Waals surface area contributed by atoms with Crippen LogP contribution in [0.2, 0.25) is 0 Å². The molecular formula is C22H24N4O6S2. The van der Waals surface area contributed by atoms with Gasteiger partial charge in [-0.3, -0.25) is 10.1 Å². The van der Waals surface area contributed by atoms with Crippen LogP contribution in [0.1, 0.15) is 11.3 Å². The Hall–Kier alpha value is -3.22. The Labute approximate surface area is 201 Å². The van der Waals surface area contributed by atoms with Gasteiger partial charge >= 0.3 is 0 Å². The summed E-state index contributed by atoms with van der Waals surface area (Å²) in [6, 6.07) is 10.7. The van der Waals surface area contributed by atoms with Gasteiger partial charge in [0, 0.05) is 56.2 Å². The molecule has 0 atom stereocenters. The Balaban J connectivity index is 1.40. The number of sulfonamides is 1. The number of piperazine rings is 1. The number of nitro benzene ring substituents is 1. The maximum Gasteiger partial charge on any atom is 0.269 e. The van der Waals surface area contributed by atoms with E-state index in [1.807, 2.05) is 23.6 Å². The third kappa shape index (κ3) is 5.13. The Kier molecular flexibility index (Phi) is 7.00. The van der Waals surface area contributed by atoms with E-state index in [1.165, 1.54) is 39.9 Å². The summed E-state index contributed by atoms with van der Waals surface area (Å²) >= 11 is 1.53. The van der Waals surface area contributed by atoms with E-state index in [-0.39, 0.29) is 10.6 Å². The molecule has 10 nitrogen and oxygen atoms in total. The lowest BCUT2D eigenvalue weighted by Crippen LogP contribution is -2.48. The summed E-state index contributed by atoms with van der Waals surface area (Å²) < 4.78 is 37.9. The minimum atomic E-state index is -3.72. The summed E-state index contributed by atoms with van der Waals surface area (Å²) in [6.07, 6.45) is 0.624. The standard InChI is InChI=1S/C22H24N4O6S2/c1-31-19-12-16(13-20(14-19)32-2)11-17-15-33-22(23-17)24-7-9-25(10-8-24)34(29,30)21-5-3-18(4-6-21)26(27)28/h3-6,12-15H,7-11H2,1-2H3. The largest absolute Gasteiger partial charge is 0.497 e. The van der Waals surface area contributed by atoms with Gasteiger partial charge in [0.05, 0.1) is 29.7 Å². The molecule has 0 radical (unpaired) electrons. The van der Waals surface area contributed by atoms with Gasteiger partial charge in [-0.25, -0.2) is 13.4 Å². The quantitative estimate of drug-likeness (QED) is 0.339. The van der Waals surface area contributed by atoms with Gasteiger partial charge in [-0.15, -0.1) is 11.3 Å². The number of nitrogens with zero attached hydrogens (tertiary/aromatic N) is 4. The molecule has 2 aromatic carbocycles. The molecule has 0 spiro atoms. The first-order valence-electron chi connectivity index (χ1n) is 10.5. The molecule has 1 aliphatic rings. The number of thiazole rings is 1.